The van der Waals surface area contributed by atoms with Crippen LogP contribution in [0.2, 0.25) is 0 Å². The molecule has 2 aromatic rings. The SMILES string of the molecule is [B]c1cc(C([B])Oc2cccc3c2CN(C2CCC(=O)NC2=O)C3=O)c([B])c([B])c1CN1CCOCC1. The fraction of sp³-hybridized carbons (Fsp3) is 0.400. The summed E-state index contributed by atoms with van der Waals surface area (Å²) in [7, 11) is 25.5. The van der Waals surface area contributed by atoms with Gasteiger partial charge in [-0.3, -0.25) is 24.6 Å². The zero-order valence-corrected chi connectivity index (χ0v) is 20.4. The van der Waals surface area contributed by atoms with Gasteiger partial charge in [-0.1, -0.05) is 28.5 Å². The number of fused-ring (bicyclic) bond motifs is 1. The molecular weight excluding hydrogens is 466 g/mol. The molecule has 0 bridgehead atoms. The quantitative estimate of drug-likeness (QED) is 0.371. The van der Waals surface area contributed by atoms with Crippen LogP contribution in [-0.2, 0) is 27.4 Å². The average molecular weight is 489 g/mol. The van der Waals surface area contributed by atoms with E-state index in [2.05, 4.69) is 10.2 Å². The molecule has 12 heteroatoms. The molecule has 3 heterocycles. The number of rotatable bonds is 6. The maximum absolute atomic E-state index is 13.1. The van der Waals surface area contributed by atoms with Gasteiger partial charge in [-0.2, -0.15) is 0 Å². The van der Waals surface area contributed by atoms with E-state index in [0.29, 0.717) is 58.6 Å². The summed E-state index contributed by atoms with van der Waals surface area (Å²) in [5.41, 5.74) is 3.31. The number of nitrogens with one attached hydrogen (secondary N) is 1. The number of carbonyl (C=O) groups excluding carboxylic acids is 3. The van der Waals surface area contributed by atoms with Crippen molar-refractivity contribution in [2.75, 3.05) is 26.3 Å². The van der Waals surface area contributed by atoms with Crippen molar-refractivity contribution in [2.24, 2.45) is 0 Å². The fourth-order valence-electron chi connectivity index (χ4n) is 5.07. The van der Waals surface area contributed by atoms with Crippen LogP contribution < -0.4 is 26.4 Å². The average Bonchev–Trinajstić information content (AvgIpc) is 3.21. The van der Waals surface area contributed by atoms with E-state index in [-0.39, 0.29) is 31.2 Å². The molecule has 3 amide bonds. The Balaban J connectivity index is 1.36. The molecule has 3 aliphatic rings. The number of morpholine rings is 1. The Morgan fingerprint density at radius 1 is 1.11 bits per heavy atom. The van der Waals surface area contributed by atoms with Gasteiger partial charge >= 0.3 is 0 Å². The predicted molar refractivity (Wildman–Crippen MR) is 140 cm³/mol. The van der Waals surface area contributed by atoms with Crippen LogP contribution in [0.4, 0.5) is 0 Å². The third kappa shape index (κ3) is 4.97. The number of piperidine rings is 1. The molecule has 0 saturated carbocycles. The maximum atomic E-state index is 13.1. The number of ether oxygens (including phenoxy) is 2. The number of nitrogens with zero attached hydrogens (tertiary/aromatic N) is 2. The highest BCUT2D eigenvalue weighted by Crippen LogP contribution is 2.35. The van der Waals surface area contributed by atoms with E-state index in [1.165, 1.54) is 4.90 Å². The summed E-state index contributed by atoms with van der Waals surface area (Å²) >= 11 is 0. The first kappa shape index (κ1) is 25.7. The van der Waals surface area contributed by atoms with Gasteiger partial charge in [0.1, 0.15) is 43.2 Å². The lowest BCUT2D eigenvalue weighted by Crippen LogP contribution is -2.52. The molecule has 0 aliphatic carbocycles. The largest absolute Gasteiger partial charge is 0.496 e. The van der Waals surface area contributed by atoms with Crippen LogP contribution in [0.3, 0.4) is 0 Å². The Hall–Kier alpha value is -2.97. The first-order valence-corrected chi connectivity index (χ1v) is 12.2. The number of imide groups is 1. The second-order valence-electron chi connectivity index (χ2n) is 9.47. The van der Waals surface area contributed by atoms with E-state index in [4.69, 9.17) is 40.9 Å². The molecular formula is C25H23B4N3O5. The van der Waals surface area contributed by atoms with Crippen LogP contribution in [0.1, 0.15) is 45.9 Å². The van der Waals surface area contributed by atoms with Crippen LogP contribution in [0.15, 0.2) is 24.3 Å². The van der Waals surface area contributed by atoms with Crippen molar-refractivity contribution in [3.63, 3.8) is 0 Å². The minimum absolute atomic E-state index is 0.154. The van der Waals surface area contributed by atoms with Crippen molar-refractivity contribution in [1.82, 2.24) is 15.1 Å². The van der Waals surface area contributed by atoms with Gasteiger partial charge in [-0.25, -0.2) is 0 Å². The minimum Gasteiger partial charge on any atom is -0.496 e. The summed E-state index contributed by atoms with van der Waals surface area (Å²) in [6.07, 6.45) is 0.445. The van der Waals surface area contributed by atoms with Crippen LogP contribution in [0.5, 0.6) is 5.75 Å². The molecule has 37 heavy (non-hydrogen) atoms. The Kier molecular flexibility index (Phi) is 7.23. The van der Waals surface area contributed by atoms with E-state index < -0.39 is 18.0 Å². The van der Waals surface area contributed by atoms with Gasteiger partial charge in [0.15, 0.2) is 0 Å². The molecule has 2 saturated heterocycles. The van der Waals surface area contributed by atoms with Gasteiger partial charge in [-0.05, 0) is 29.7 Å². The lowest BCUT2D eigenvalue weighted by atomic mass is 9.68. The summed E-state index contributed by atoms with van der Waals surface area (Å²) in [6.45, 7) is 3.55. The molecule has 180 valence electrons. The van der Waals surface area contributed by atoms with Crippen LogP contribution in [-0.4, -0.2) is 91.3 Å². The van der Waals surface area contributed by atoms with Crippen LogP contribution >= 0.6 is 0 Å². The molecule has 3 aliphatic heterocycles. The lowest BCUT2D eigenvalue weighted by molar-refractivity contribution is -0.136. The van der Waals surface area contributed by atoms with E-state index >= 15 is 0 Å². The molecule has 8 radical (unpaired) electrons. The van der Waals surface area contributed by atoms with E-state index in [9.17, 15) is 14.4 Å². The Morgan fingerprint density at radius 3 is 2.59 bits per heavy atom. The summed E-state index contributed by atoms with van der Waals surface area (Å²) in [4.78, 5) is 40.6. The van der Waals surface area contributed by atoms with Crippen molar-refractivity contribution in [3.8, 4) is 5.75 Å². The predicted octanol–water partition coefficient (Wildman–Crippen LogP) is -2.09. The third-order valence-corrected chi connectivity index (χ3v) is 7.17. The van der Waals surface area contributed by atoms with Crippen molar-refractivity contribution in [1.29, 1.82) is 0 Å². The van der Waals surface area contributed by atoms with Gasteiger partial charge in [0.2, 0.25) is 11.8 Å². The smallest absolute Gasteiger partial charge is 0.255 e. The molecule has 2 aromatic carbocycles. The number of carbonyl (C=O) groups is 3. The highest BCUT2D eigenvalue weighted by atomic mass is 16.5. The zero-order chi connectivity index (χ0) is 26.3. The van der Waals surface area contributed by atoms with E-state index in [0.717, 1.165) is 18.7 Å². The molecule has 5 rings (SSSR count). The third-order valence-electron chi connectivity index (χ3n) is 7.17. The summed E-state index contributed by atoms with van der Waals surface area (Å²) < 4.78 is 11.5. The molecule has 2 unspecified atom stereocenters. The molecule has 2 atom stereocenters. The Labute approximate surface area is 221 Å². The standard InChI is InChI=1S/C25H23B4N3O5/c26-17-10-14(21(27)22(28)16(17)11-31-6-8-36-9-7-31)23(29)37-19-3-1-2-13-15(19)12-32(25(13)35)18-4-5-20(33)30-24(18)34/h1-3,10,18,23H,4-9,11-12H2,(H,30,33,34). The van der Waals surface area contributed by atoms with Crippen LogP contribution in [0, 0.1) is 0 Å². The van der Waals surface area contributed by atoms with Gasteiger partial charge in [0.25, 0.3) is 5.91 Å². The second-order valence-corrected chi connectivity index (χ2v) is 9.47. The topological polar surface area (TPSA) is 88.2 Å². The number of amides is 3. The first-order valence-electron chi connectivity index (χ1n) is 12.2. The number of hydrogen-bond donors (Lipinski definition) is 1. The molecule has 2 fully saturated rings. The van der Waals surface area contributed by atoms with Crippen molar-refractivity contribution in [3.05, 3.63) is 46.5 Å². The highest BCUT2D eigenvalue weighted by Gasteiger charge is 2.40. The van der Waals surface area contributed by atoms with Gasteiger partial charge in [0.05, 0.1) is 25.8 Å². The molecule has 0 aromatic heterocycles. The van der Waals surface area contributed by atoms with Crippen molar-refractivity contribution < 1.29 is 23.9 Å². The van der Waals surface area contributed by atoms with Gasteiger partial charge in [0, 0.05) is 37.2 Å². The Bertz CT molecular complexity index is 1270. The van der Waals surface area contributed by atoms with Crippen molar-refractivity contribution >= 4 is 65.5 Å². The van der Waals surface area contributed by atoms with Gasteiger partial charge < -0.3 is 14.4 Å². The summed E-state index contributed by atoms with van der Waals surface area (Å²) in [5.74, 6) is -0.731. The zero-order valence-electron chi connectivity index (χ0n) is 20.4. The molecule has 1 N–H and O–H groups in total. The molecule has 8 nitrogen and oxygen atoms in total. The fourth-order valence-corrected chi connectivity index (χ4v) is 5.07. The summed E-state index contributed by atoms with van der Waals surface area (Å²) in [6, 6.07) is 5.00. The van der Waals surface area contributed by atoms with E-state index in [1.54, 1.807) is 24.3 Å². The first-order chi connectivity index (χ1) is 17.7. The monoisotopic (exact) mass is 489 g/mol. The normalized spacial score (nSPS) is 21.0. The summed E-state index contributed by atoms with van der Waals surface area (Å²) in [5, 5.41) is 2.30. The minimum atomic E-state index is -1.01. The number of benzene rings is 2. The highest BCUT2D eigenvalue weighted by molar-refractivity contribution is 6.52. The number of hydrogen-bond acceptors (Lipinski definition) is 6. The van der Waals surface area contributed by atoms with Gasteiger partial charge in [-0.15, -0.1) is 0 Å². The molecule has 0 spiro atoms. The second kappa shape index (κ2) is 10.4. The van der Waals surface area contributed by atoms with Crippen LogP contribution in [0.25, 0.3) is 0 Å². The van der Waals surface area contributed by atoms with Crippen molar-refractivity contribution in [2.45, 2.75) is 38.0 Å². The Morgan fingerprint density at radius 2 is 1.86 bits per heavy atom. The van der Waals surface area contributed by atoms with E-state index in [1.807, 2.05) is 0 Å². The maximum Gasteiger partial charge on any atom is 0.255 e. The lowest BCUT2D eigenvalue weighted by Gasteiger charge is -2.30.